The van der Waals surface area contributed by atoms with E-state index in [9.17, 15) is 8.78 Å². The average molecular weight is 253 g/mol. The van der Waals surface area contributed by atoms with Gasteiger partial charge in [-0.25, -0.2) is 8.78 Å². The minimum Gasteiger partial charge on any atom is -0.205 e. The molecule has 0 amide bonds. The molecule has 0 aliphatic carbocycles. The molecule has 3 heteroatoms. The molecule has 19 heavy (non-hydrogen) atoms. The van der Waals surface area contributed by atoms with Crippen molar-refractivity contribution in [3.05, 3.63) is 59.2 Å². The number of benzene rings is 2. The summed E-state index contributed by atoms with van der Waals surface area (Å²) in [4.78, 5) is 0. The quantitative estimate of drug-likeness (QED) is 0.709. The molecule has 2 rings (SSSR count). The van der Waals surface area contributed by atoms with Gasteiger partial charge in [0.15, 0.2) is 6.07 Å². The van der Waals surface area contributed by atoms with Gasteiger partial charge in [0, 0.05) is 5.92 Å². The van der Waals surface area contributed by atoms with Gasteiger partial charge in [-0.05, 0) is 36.1 Å². The number of nitriles is 1. The van der Waals surface area contributed by atoms with Gasteiger partial charge in [0.25, 0.3) is 0 Å². The molecule has 0 aliphatic heterocycles. The SMILES string of the molecule is Cc1ccc(-c2cc(F)c(C#CC#N)c(F)c2)cc1. The zero-order chi connectivity index (χ0) is 13.8. The number of rotatable bonds is 1. The lowest BCUT2D eigenvalue weighted by molar-refractivity contribution is 0.578. The van der Waals surface area contributed by atoms with Crippen molar-refractivity contribution in [1.29, 1.82) is 5.26 Å². The Balaban J connectivity index is 2.51. The third-order valence-corrected chi connectivity index (χ3v) is 2.67. The van der Waals surface area contributed by atoms with Crippen molar-refractivity contribution in [2.24, 2.45) is 0 Å². The van der Waals surface area contributed by atoms with E-state index in [1.165, 1.54) is 18.2 Å². The molecule has 0 bridgehead atoms. The van der Waals surface area contributed by atoms with E-state index in [1.807, 2.05) is 25.0 Å². The normalized spacial score (nSPS) is 9.37. The lowest BCUT2D eigenvalue weighted by Gasteiger charge is -2.05. The largest absolute Gasteiger partial charge is 0.205 e. The minimum atomic E-state index is -0.765. The monoisotopic (exact) mass is 253 g/mol. The lowest BCUT2D eigenvalue weighted by atomic mass is 10.0. The summed E-state index contributed by atoms with van der Waals surface area (Å²) >= 11 is 0. The summed E-state index contributed by atoms with van der Waals surface area (Å²) in [6.07, 6.45) is 0. The molecule has 0 atom stereocenters. The van der Waals surface area contributed by atoms with Crippen LogP contribution in [0.1, 0.15) is 11.1 Å². The number of nitrogens with zero attached hydrogens (tertiary/aromatic N) is 1. The average Bonchev–Trinajstić information content (AvgIpc) is 2.38. The highest BCUT2D eigenvalue weighted by Gasteiger charge is 2.10. The van der Waals surface area contributed by atoms with Gasteiger partial charge in [-0.15, -0.1) is 0 Å². The Morgan fingerprint density at radius 3 is 2.05 bits per heavy atom. The van der Waals surface area contributed by atoms with Crippen molar-refractivity contribution in [1.82, 2.24) is 0 Å². The third-order valence-electron chi connectivity index (χ3n) is 2.67. The highest BCUT2D eigenvalue weighted by atomic mass is 19.1. The van der Waals surface area contributed by atoms with Crippen molar-refractivity contribution in [3.8, 4) is 29.0 Å². The van der Waals surface area contributed by atoms with Crippen molar-refractivity contribution in [2.45, 2.75) is 6.92 Å². The molecule has 0 aliphatic rings. The fraction of sp³-hybridized carbons (Fsp3) is 0.0625. The molecule has 0 saturated carbocycles. The second-order valence-corrected chi connectivity index (χ2v) is 4.04. The maximum Gasteiger partial charge on any atom is 0.152 e. The van der Waals surface area contributed by atoms with E-state index in [0.717, 1.165) is 11.1 Å². The molecule has 0 heterocycles. The Morgan fingerprint density at radius 1 is 0.947 bits per heavy atom. The third kappa shape index (κ3) is 2.78. The van der Waals surface area contributed by atoms with Gasteiger partial charge < -0.3 is 0 Å². The summed E-state index contributed by atoms with van der Waals surface area (Å²) in [6, 6.07) is 11.3. The molecule has 0 N–H and O–H groups in total. The summed E-state index contributed by atoms with van der Waals surface area (Å²) in [6.45, 7) is 1.94. The lowest BCUT2D eigenvalue weighted by Crippen LogP contribution is -1.92. The number of aryl methyl sites for hydroxylation is 1. The molecule has 92 valence electrons. The van der Waals surface area contributed by atoms with Crippen LogP contribution in [-0.2, 0) is 0 Å². The predicted molar refractivity (Wildman–Crippen MR) is 69.0 cm³/mol. The summed E-state index contributed by atoms with van der Waals surface area (Å²) in [5.41, 5.74) is 1.86. The van der Waals surface area contributed by atoms with E-state index in [0.29, 0.717) is 5.56 Å². The van der Waals surface area contributed by atoms with E-state index in [2.05, 4.69) is 5.92 Å². The Kier molecular flexibility index (Phi) is 3.59. The summed E-state index contributed by atoms with van der Waals surface area (Å²) in [5.74, 6) is 2.62. The van der Waals surface area contributed by atoms with Crippen molar-refractivity contribution >= 4 is 0 Å². The van der Waals surface area contributed by atoms with Crippen molar-refractivity contribution < 1.29 is 8.78 Å². The Morgan fingerprint density at radius 2 is 1.53 bits per heavy atom. The van der Waals surface area contributed by atoms with Crippen LogP contribution in [0.4, 0.5) is 8.78 Å². The molecular formula is C16H9F2N. The van der Waals surface area contributed by atoms with Crippen LogP contribution in [0, 0.1) is 41.7 Å². The van der Waals surface area contributed by atoms with Crippen LogP contribution < -0.4 is 0 Å². The van der Waals surface area contributed by atoms with E-state index < -0.39 is 11.6 Å². The van der Waals surface area contributed by atoms with Gasteiger partial charge in [0.2, 0.25) is 0 Å². The molecule has 2 aromatic rings. The zero-order valence-electron chi connectivity index (χ0n) is 10.2. The first-order valence-corrected chi connectivity index (χ1v) is 5.58. The maximum absolute atomic E-state index is 13.7. The van der Waals surface area contributed by atoms with Gasteiger partial charge in [-0.2, -0.15) is 5.26 Å². The second-order valence-electron chi connectivity index (χ2n) is 4.04. The summed E-state index contributed by atoms with van der Waals surface area (Å²) in [5, 5.41) is 8.30. The van der Waals surface area contributed by atoms with Gasteiger partial charge in [0.1, 0.15) is 11.6 Å². The second kappa shape index (κ2) is 5.33. The number of halogens is 2. The fourth-order valence-corrected chi connectivity index (χ4v) is 1.70. The van der Waals surface area contributed by atoms with Gasteiger partial charge in [-0.3, -0.25) is 0 Å². The molecule has 1 nitrogen and oxygen atoms in total. The van der Waals surface area contributed by atoms with E-state index in [4.69, 9.17) is 5.26 Å². The Labute approximate surface area is 110 Å². The van der Waals surface area contributed by atoms with E-state index in [1.54, 1.807) is 12.1 Å². The highest BCUT2D eigenvalue weighted by molar-refractivity contribution is 5.65. The maximum atomic E-state index is 13.7. The van der Waals surface area contributed by atoms with Gasteiger partial charge in [-0.1, -0.05) is 29.8 Å². The number of hydrogen-bond acceptors (Lipinski definition) is 1. The standard InChI is InChI=1S/C16H9F2N/c1-11-4-6-12(7-5-11)13-9-15(17)14(3-2-8-19)16(18)10-13/h4-7,9-10H,1H3. The van der Waals surface area contributed by atoms with Crippen LogP contribution in [0.25, 0.3) is 11.1 Å². The van der Waals surface area contributed by atoms with Crippen LogP contribution in [0.5, 0.6) is 0 Å². The van der Waals surface area contributed by atoms with Crippen LogP contribution >= 0.6 is 0 Å². The molecule has 0 unspecified atom stereocenters. The van der Waals surface area contributed by atoms with Gasteiger partial charge in [0.05, 0.1) is 5.56 Å². The zero-order valence-corrected chi connectivity index (χ0v) is 10.2. The summed E-state index contributed by atoms with van der Waals surface area (Å²) in [7, 11) is 0. The molecule has 0 saturated heterocycles. The van der Waals surface area contributed by atoms with Crippen molar-refractivity contribution in [3.63, 3.8) is 0 Å². The number of hydrogen-bond donors (Lipinski definition) is 0. The fourth-order valence-electron chi connectivity index (χ4n) is 1.70. The molecule has 2 aromatic carbocycles. The first-order chi connectivity index (χ1) is 9.11. The van der Waals surface area contributed by atoms with Gasteiger partial charge >= 0.3 is 0 Å². The molecule has 0 aromatic heterocycles. The smallest absolute Gasteiger partial charge is 0.152 e. The molecule has 0 fully saturated rings. The first-order valence-electron chi connectivity index (χ1n) is 5.58. The minimum absolute atomic E-state index is 0.377. The summed E-state index contributed by atoms with van der Waals surface area (Å²) < 4.78 is 27.5. The Bertz CT molecular complexity index is 690. The Hall–Kier alpha value is -2.65. The predicted octanol–water partition coefficient (Wildman–Crippen LogP) is 3.82. The molecule has 0 spiro atoms. The van der Waals surface area contributed by atoms with Crippen LogP contribution in [0.3, 0.4) is 0 Å². The van der Waals surface area contributed by atoms with E-state index >= 15 is 0 Å². The van der Waals surface area contributed by atoms with E-state index in [-0.39, 0.29) is 5.56 Å². The highest BCUT2D eigenvalue weighted by Crippen LogP contribution is 2.24. The van der Waals surface area contributed by atoms with Crippen LogP contribution in [-0.4, -0.2) is 0 Å². The first kappa shape index (κ1) is 12.8. The topological polar surface area (TPSA) is 23.8 Å². The van der Waals surface area contributed by atoms with Crippen LogP contribution in [0.2, 0.25) is 0 Å². The van der Waals surface area contributed by atoms with Crippen LogP contribution in [0.15, 0.2) is 36.4 Å². The molecule has 0 radical (unpaired) electrons. The van der Waals surface area contributed by atoms with Crippen molar-refractivity contribution in [2.75, 3.05) is 0 Å². The molecular weight excluding hydrogens is 244 g/mol.